The Kier molecular flexibility index (Phi) is 5.57. The lowest BCUT2D eigenvalue weighted by Gasteiger charge is -2.15. The van der Waals surface area contributed by atoms with Crippen LogP contribution in [0, 0.1) is 0 Å². The zero-order valence-corrected chi connectivity index (χ0v) is 12.5. The monoisotopic (exact) mass is 324 g/mol. The number of anilines is 1. The van der Waals surface area contributed by atoms with Crippen molar-refractivity contribution >= 4 is 39.4 Å². The molecule has 0 fully saturated rings. The van der Waals surface area contributed by atoms with Gasteiger partial charge in [-0.3, -0.25) is 4.79 Å². The third kappa shape index (κ3) is 3.82. The van der Waals surface area contributed by atoms with Gasteiger partial charge in [-0.05, 0) is 18.2 Å². The summed E-state index contributed by atoms with van der Waals surface area (Å²) in [4.78, 5) is 11.1. The number of nitrogens with zero attached hydrogens (tertiary/aromatic N) is 1. The number of halogens is 1. The molecule has 0 saturated heterocycles. The van der Waals surface area contributed by atoms with Gasteiger partial charge in [0.15, 0.2) is 0 Å². The topological polar surface area (TPSA) is 72.7 Å². The molecule has 0 aliphatic rings. The summed E-state index contributed by atoms with van der Waals surface area (Å²) in [5, 5.41) is 14.8. The second-order valence-corrected chi connectivity index (χ2v) is 4.55. The van der Waals surface area contributed by atoms with Crippen molar-refractivity contribution < 1.29 is 9.53 Å². The van der Waals surface area contributed by atoms with E-state index in [1.807, 2.05) is 0 Å². The SMILES string of the molecule is CN/C(=C(/Br)C=[N-])c1cc(NC(C)=O)ccc1OC. The molecule has 19 heavy (non-hydrogen) atoms. The minimum absolute atomic E-state index is 0.154. The largest absolute Gasteiger partial charge is 0.810 e. The highest BCUT2D eigenvalue weighted by Crippen LogP contribution is 2.30. The maximum atomic E-state index is 11.1. The summed E-state index contributed by atoms with van der Waals surface area (Å²) in [6.07, 6.45) is 0.941. The first-order valence-electron chi connectivity index (χ1n) is 5.54. The summed E-state index contributed by atoms with van der Waals surface area (Å²) < 4.78 is 5.76. The van der Waals surface area contributed by atoms with Crippen LogP contribution in [0.5, 0.6) is 5.75 Å². The zero-order chi connectivity index (χ0) is 14.4. The molecule has 5 nitrogen and oxygen atoms in total. The molecule has 2 N–H and O–H groups in total. The molecule has 1 aromatic carbocycles. The number of rotatable bonds is 5. The number of allylic oxidation sites excluding steroid dienone is 1. The van der Waals surface area contributed by atoms with Gasteiger partial charge in [0.05, 0.1) is 12.8 Å². The molecule has 1 rings (SSSR count). The molecule has 0 aliphatic heterocycles. The molecular formula is C13H15BrN3O2-. The number of methoxy groups -OCH3 is 1. The van der Waals surface area contributed by atoms with Gasteiger partial charge in [-0.25, -0.2) is 0 Å². The standard InChI is InChI=1S/C13H15BrN3O2/c1-8(18)17-9-4-5-12(19-3)10(6-9)13(16-2)11(14)7-15/h4-7,16H,1-3H3,(H,17,18)/q-1/b13-11+. The van der Waals surface area contributed by atoms with Crippen molar-refractivity contribution in [1.82, 2.24) is 5.32 Å². The second kappa shape index (κ2) is 6.94. The maximum Gasteiger partial charge on any atom is 0.221 e. The number of nitrogens with one attached hydrogen (secondary N) is 2. The summed E-state index contributed by atoms with van der Waals surface area (Å²) >= 11 is 3.25. The van der Waals surface area contributed by atoms with Gasteiger partial charge >= 0.3 is 0 Å². The molecule has 1 aromatic rings. The second-order valence-electron chi connectivity index (χ2n) is 3.70. The van der Waals surface area contributed by atoms with Crippen LogP contribution in [-0.4, -0.2) is 26.3 Å². The minimum atomic E-state index is -0.154. The van der Waals surface area contributed by atoms with Crippen LogP contribution in [0.25, 0.3) is 11.1 Å². The van der Waals surface area contributed by atoms with Crippen molar-refractivity contribution in [2.75, 3.05) is 19.5 Å². The van der Waals surface area contributed by atoms with Gasteiger partial charge in [0, 0.05) is 29.7 Å². The van der Waals surface area contributed by atoms with E-state index in [4.69, 9.17) is 10.1 Å². The molecule has 0 bridgehead atoms. The predicted octanol–water partition coefficient (Wildman–Crippen LogP) is 2.58. The molecule has 0 aliphatic carbocycles. The fraction of sp³-hybridized carbons (Fsp3) is 0.231. The Morgan fingerprint density at radius 3 is 2.63 bits per heavy atom. The summed E-state index contributed by atoms with van der Waals surface area (Å²) in [6.45, 7) is 1.44. The van der Waals surface area contributed by atoms with Crippen molar-refractivity contribution in [2.45, 2.75) is 6.92 Å². The van der Waals surface area contributed by atoms with Crippen LogP contribution in [0.15, 0.2) is 22.7 Å². The van der Waals surface area contributed by atoms with Crippen molar-refractivity contribution in [2.24, 2.45) is 0 Å². The Balaban J connectivity index is 3.37. The Labute approximate surface area is 120 Å². The smallest absolute Gasteiger partial charge is 0.221 e. The number of carbonyl (C=O) groups is 1. The van der Waals surface area contributed by atoms with E-state index in [1.54, 1.807) is 32.4 Å². The van der Waals surface area contributed by atoms with Gasteiger partial charge in [-0.1, -0.05) is 15.9 Å². The first-order chi connectivity index (χ1) is 9.03. The molecule has 0 spiro atoms. The molecule has 0 unspecified atom stereocenters. The lowest BCUT2D eigenvalue weighted by atomic mass is 10.1. The number of benzene rings is 1. The normalized spacial score (nSPS) is 11.4. The lowest BCUT2D eigenvalue weighted by Crippen LogP contribution is -2.10. The van der Waals surface area contributed by atoms with Gasteiger partial charge in [-0.15, -0.1) is 0 Å². The van der Waals surface area contributed by atoms with Crippen LogP contribution in [0.3, 0.4) is 0 Å². The summed E-state index contributed by atoms with van der Waals surface area (Å²) in [7, 11) is 3.28. The average Bonchev–Trinajstić information content (AvgIpc) is 2.39. The van der Waals surface area contributed by atoms with Crippen LogP contribution < -0.4 is 15.4 Å². The first kappa shape index (κ1) is 15.2. The van der Waals surface area contributed by atoms with Gasteiger partial charge < -0.3 is 20.8 Å². The molecule has 0 heterocycles. The van der Waals surface area contributed by atoms with Crippen LogP contribution in [0.2, 0.25) is 0 Å². The summed E-state index contributed by atoms with van der Waals surface area (Å²) in [5.74, 6) is 0.469. The molecular weight excluding hydrogens is 310 g/mol. The first-order valence-corrected chi connectivity index (χ1v) is 6.33. The Morgan fingerprint density at radius 2 is 2.16 bits per heavy atom. The number of hydrogen-bond donors (Lipinski definition) is 2. The number of carbonyl (C=O) groups excluding carboxylic acids is 1. The number of hydrogen-bond acceptors (Lipinski definition) is 3. The molecule has 0 aromatic heterocycles. The minimum Gasteiger partial charge on any atom is -0.810 e. The van der Waals surface area contributed by atoms with E-state index in [9.17, 15) is 4.79 Å². The highest BCUT2D eigenvalue weighted by Gasteiger charge is 2.11. The Hall–Kier alpha value is -1.82. The van der Waals surface area contributed by atoms with Gasteiger partial charge in [-0.2, -0.15) is 6.21 Å². The molecule has 102 valence electrons. The van der Waals surface area contributed by atoms with Gasteiger partial charge in [0.1, 0.15) is 5.75 Å². The summed E-state index contributed by atoms with van der Waals surface area (Å²) in [5.41, 5.74) is 2.01. The van der Waals surface area contributed by atoms with E-state index in [1.165, 1.54) is 6.92 Å². The van der Waals surface area contributed by atoms with Gasteiger partial charge in [0.2, 0.25) is 5.91 Å². The van der Waals surface area contributed by atoms with Crippen LogP contribution in [0.4, 0.5) is 5.69 Å². The third-order valence-electron chi connectivity index (χ3n) is 2.39. The van der Waals surface area contributed by atoms with Crippen LogP contribution in [0.1, 0.15) is 12.5 Å². The van der Waals surface area contributed by atoms with Crippen molar-refractivity contribution in [1.29, 1.82) is 0 Å². The molecule has 0 atom stereocenters. The highest BCUT2D eigenvalue weighted by molar-refractivity contribution is 9.12. The fourth-order valence-corrected chi connectivity index (χ4v) is 2.04. The highest BCUT2D eigenvalue weighted by atomic mass is 79.9. The molecule has 6 heteroatoms. The lowest BCUT2D eigenvalue weighted by molar-refractivity contribution is -0.114. The number of ether oxygens (including phenoxy) is 1. The van der Waals surface area contributed by atoms with E-state index < -0.39 is 0 Å². The average molecular weight is 325 g/mol. The maximum absolute atomic E-state index is 11.1. The molecule has 0 radical (unpaired) electrons. The fourth-order valence-electron chi connectivity index (χ4n) is 1.63. The van der Waals surface area contributed by atoms with E-state index >= 15 is 0 Å². The van der Waals surface area contributed by atoms with E-state index in [0.717, 1.165) is 6.21 Å². The quantitative estimate of drug-likeness (QED) is 0.817. The van der Waals surface area contributed by atoms with Crippen molar-refractivity contribution in [3.63, 3.8) is 0 Å². The van der Waals surface area contributed by atoms with E-state index in [0.29, 0.717) is 27.2 Å². The number of amides is 1. The third-order valence-corrected chi connectivity index (χ3v) is 2.99. The van der Waals surface area contributed by atoms with Gasteiger partial charge in [0.25, 0.3) is 0 Å². The predicted molar refractivity (Wildman–Crippen MR) is 81.6 cm³/mol. The summed E-state index contributed by atoms with van der Waals surface area (Å²) in [6, 6.07) is 5.25. The van der Waals surface area contributed by atoms with Crippen molar-refractivity contribution in [3.05, 3.63) is 33.7 Å². The molecule has 0 saturated carbocycles. The zero-order valence-electron chi connectivity index (χ0n) is 11.0. The Bertz CT molecular complexity index is 527. The molecule has 1 amide bonds. The van der Waals surface area contributed by atoms with Crippen LogP contribution in [-0.2, 0) is 4.79 Å². The Morgan fingerprint density at radius 1 is 1.47 bits per heavy atom. The van der Waals surface area contributed by atoms with E-state index in [2.05, 4.69) is 26.6 Å². The van der Waals surface area contributed by atoms with E-state index in [-0.39, 0.29) is 5.91 Å². The van der Waals surface area contributed by atoms with Crippen LogP contribution >= 0.6 is 15.9 Å². The van der Waals surface area contributed by atoms with Crippen molar-refractivity contribution in [3.8, 4) is 5.75 Å².